The van der Waals surface area contributed by atoms with E-state index in [9.17, 15) is 4.79 Å². The van der Waals surface area contributed by atoms with Crippen LogP contribution in [-0.4, -0.2) is 28.1 Å². The zero-order chi connectivity index (χ0) is 14.1. The Balaban J connectivity index is 1.91. The lowest BCUT2D eigenvalue weighted by molar-refractivity contribution is -0.121. The highest BCUT2D eigenvalue weighted by molar-refractivity contribution is 5.86. The first-order valence-electron chi connectivity index (χ1n) is 6.86. The number of amides is 1. The molecule has 3 rings (SSSR count). The van der Waals surface area contributed by atoms with Gasteiger partial charge >= 0.3 is 0 Å². The Kier molecular flexibility index (Phi) is 3.22. The number of rotatable bonds is 5. The molecule has 6 heteroatoms. The van der Waals surface area contributed by atoms with Crippen LogP contribution in [0.15, 0.2) is 18.2 Å². The predicted octanol–water partition coefficient (Wildman–Crippen LogP) is 1.30. The summed E-state index contributed by atoms with van der Waals surface area (Å²) < 4.78 is 7.25. The molecule has 0 aliphatic heterocycles. The average molecular weight is 274 g/mol. The molecule has 0 saturated heterocycles. The number of fused-ring (bicyclic) bond motifs is 1. The fraction of sp³-hybridized carbons (Fsp3) is 0.429. The van der Waals surface area contributed by atoms with Crippen LogP contribution in [0.3, 0.4) is 0 Å². The van der Waals surface area contributed by atoms with Crippen LogP contribution in [0.2, 0.25) is 0 Å². The van der Waals surface area contributed by atoms with Gasteiger partial charge < -0.3 is 20.4 Å². The second-order valence-corrected chi connectivity index (χ2v) is 4.95. The number of benzene rings is 1. The molecule has 0 spiro atoms. The molecular formula is C14H18N4O2. The average Bonchev–Trinajstić information content (AvgIpc) is 3.16. The highest BCUT2D eigenvalue weighted by Gasteiger charge is 2.24. The van der Waals surface area contributed by atoms with Gasteiger partial charge in [-0.25, -0.2) is 4.98 Å². The van der Waals surface area contributed by atoms with E-state index in [2.05, 4.69) is 10.3 Å². The van der Waals surface area contributed by atoms with Gasteiger partial charge in [0.15, 0.2) is 0 Å². The van der Waals surface area contributed by atoms with E-state index in [1.54, 1.807) is 4.57 Å². The largest absolute Gasteiger partial charge is 0.492 e. The molecule has 1 saturated carbocycles. The van der Waals surface area contributed by atoms with Crippen molar-refractivity contribution in [3.63, 3.8) is 0 Å². The van der Waals surface area contributed by atoms with Crippen molar-refractivity contribution in [1.29, 1.82) is 0 Å². The van der Waals surface area contributed by atoms with Crippen LogP contribution in [0.4, 0.5) is 5.95 Å². The zero-order valence-electron chi connectivity index (χ0n) is 11.4. The minimum Gasteiger partial charge on any atom is -0.492 e. The fourth-order valence-corrected chi connectivity index (χ4v) is 2.22. The van der Waals surface area contributed by atoms with Gasteiger partial charge in [-0.15, -0.1) is 0 Å². The van der Waals surface area contributed by atoms with Gasteiger partial charge in [0.25, 0.3) is 0 Å². The molecule has 1 amide bonds. The van der Waals surface area contributed by atoms with Gasteiger partial charge in [0.2, 0.25) is 11.9 Å². The van der Waals surface area contributed by atoms with Crippen molar-refractivity contribution >= 4 is 22.9 Å². The number of hydrogen-bond acceptors (Lipinski definition) is 4. The van der Waals surface area contributed by atoms with E-state index in [1.807, 2.05) is 25.1 Å². The first-order chi connectivity index (χ1) is 9.69. The van der Waals surface area contributed by atoms with E-state index in [1.165, 1.54) is 0 Å². The standard InChI is InChI=1S/C14H18N4O2/c1-2-20-11-5-3-4-10-13(11)17-14(15)18(10)8-12(19)16-9-6-7-9/h3-5,9H,2,6-8H2,1H3,(H2,15,17)(H,16,19). The maximum Gasteiger partial charge on any atom is 0.240 e. The van der Waals surface area contributed by atoms with Gasteiger partial charge in [0, 0.05) is 6.04 Å². The van der Waals surface area contributed by atoms with Gasteiger partial charge in [-0.3, -0.25) is 4.79 Å². The maximum atomic E-state index is 11.9. The summed E-state index contributed by atoms with van der Waals surface area (Å²) in [5.41, 5.74) is 7.45. The molecule has 1 heterocycles. The normalized spacial score (nSPS) is 14.4. The number of imidazole rings is 1. The van der Waals surface area contributed by atoms with Gasteiger partial charge in [-0.05, 0) is 31.9 Å². The van der Waals surface area contributed by atoms with E-state index in [0.29, 0.717) is 29.9 Å². The molecule has 1 aliphatic rings. The number of carbonyl (C=O) groups excluding carboxylic acids is 1. The molecule has 3 N–H and O–H groups in total. The van der Waals surface area contributed by atoms with E-state index >= 15 is 0 Å². The number of nitrogens with one attached hydrogen (secondary N) is 1. The number of nitrogens with two attached hydrogens (primary N) is 1. The van der Waals surface area contributed by atoms with Gasteiger partial charge in [-0.2, -0.15) is 0 Å². The summed E-state index contributed by atoms with van der Waals surface area (Å²) in [5.74, 6) is 0.997. The lowest BCUT2D eigenvalue weighted by Crippen LogP contribution is -2.29. The summed E-state index contributed by atoms with van der Waals surface area (Å²) in [6.45, 7) is 2.67. The van der Waals surface area contributed by atoms with Crippen molar-refractivity contribution in [2.45, 2.75) is 32.4 Å². The van der Waals surface area contributed by atoms with Gasteiger partial charge in [0.05, 0.1) is 12.1 Å². The van der Waals surface area contributed by atoms with Crippen LogP contribution in [0.25, 0.3) is 11.0 Å². The van der Waals surface area contributed by atoms with E-state index in [0.717, 1.165) is 18.4 Å². The van der Waals surface area contributed by atoms with Crippen molar-refractivity contribution < 1.29 is 9.53 Å². The molecule has 2 aromatic rings. The Morgan fingerprint density at radius 3 is 3.05 bits per heavy atom. The zero-order valence-corrected chi connectivity index (χ0v) is 11.4. The smallest absolute Gasteiger partial charge is 0.240 e. The Morgan fingerprint density at radius 2 is 2.35 bits per heavy atom. The van der Waals surface area contributed by atoms with Crippen molar-refractivity contribution in [1.82, 2.24) is 14.9 Å². The summed E-state index contributed by atoms with van der Waals surface area (Å²) in [5, 5.41) is 2.95. The van der Waals surface area contributed by atoms with Crippen molar-refractivity contribution in [3.05, 3.63) is 18.2 Å². The lowest BCUT2D eigenvalue weighted by Gasteiger charge is -2.07. The molecular weight excluding hydrogens is 256 g/mol. The lowest BCUT2D eigenvalue weighted by atomic mass is 10.3. The molecule has 1 aromatic carbocycles. The van der Waals surface area contributed by atoms with E-state index in [4.69, 9.17) is 10.5 Å². The van der Waals surface area contributed by atoms with Crippen molar-refractivity contribution in [2.24, 2.45) is 0 Å². The summed E-state index contributed by atoms with van der Waals surface area (Å²) in [4.78, 5) is 16.2. The Bertz CT molecular complexity index is 646. The number of nitrogen functional groups attached to an aromatic ring is 1. The number of nitrogens with zero attached hydrogens (tertiary/aromatic N) is 2. The summed E-state index contributed by atoms with van der Waals surface area (Å²) >= 11 is 0. The second-order valence-electron chi connectivity index (χ2n) is 4.95. The first kappa shape index (κ1) is 12.8. The van der Waals surface area contributed by atoms with Crippen molar-refractivity contribution in [3.8, 4) is 5.75 Å². The Hall–Kier alpha value is -2.24. The van der Waals surface area contributed by atoms with Crippen LogP contribution in [0, 0.1) is 0 Å². The third-order valence-corrected chi connectivity index (χ3v) is 3.32. The summed E-state index contributed by atoms with van der Waals surface area (Å²) in [6, 6.07) is 5.97. The second kappa shape index (κ2) is 5.03. The summed E-state index contributed by atoms with van der Waals surface area (Å²) in [6.07, 6.45) is 2.14. The molecule has 0 unspecified atom stereocenters. The van der Waals surface area contributed by atoms with Crippen LogP contribution >= 0.6 is 0 Å². The third-order valence-electron chi connectivity index (χ3n) is 3.32. The van der Waals surface area contributed by atoms with Crippen molar-refractivity contribution in [2.75, 3.05) is 12.3 Å². The highest BCUT2D eigenvalue weighted by atomic mass is 16.5. The Labute approximate surface area is 116 Å². The minimum atomic E-state index is -0.0275. The highest BCUT2D eigenvalue weighted by Crippen LogP contribution is 2.27. The molecule has 1 aliphatic carbocycles. The van der Waals surface area contributed by atoms with Crippen LogP contribution in [0.1, 0.15) is 19.8 Å². The van der Waals surface area contributed by atoms with E-state index < -0.39 is 0 Å². The van der Waals surface area contributed by atoms with Gasteiger partial charge in [-0.1, -0.05) is 6.07 Å². The van der Waals surface area contributed by atoms with Crippen LogP contribution in [-0.2, 0) is 11.3 Å². The predicted molar refractivity (Wildman–Crippen MR) is 76.5 cm³/mol. The third kappa shape index (κ3) is 2.41. The topological polar surface area (TPSA) is 82.2 Å². The molecule has 6 nitrogen and oxygen atoms in total. The molecule has 1 aromatic heterocycles. The first-order valence-corrected chi connectivity index (χ1v) is 6.86. The number of aromatic nitrogens is 2. The molecule has 0 atom stereocenters. The quantitative estimate of drug-likeness (QED) is 0.861. The van der Waals surface area contributed by atoms with E-state index in [-0.39, 0.29) is 12.5 Å². The number of ether oxygens (including phenoxy) is 1. The number of hydrogen-bond donors (Lipinski definition) is 2. The van der Waals surface area contributed by atoms with Crippen LogP contribution < -0.4 is 15.8 Å². The number of carbonyl (C=O) groups is 1. The number of anilines is 1. The summed E-state index contributed by atoms with van der Waals surface area (Å²) in [7, 11) is 0. The Morgan fingerprint density at radius 1 is 1.55 bits per heavy atom. The fourth-order valence-electron chi connectivity index (χ4n) is 2.22. The van der Waals surface area contributed by atoms with Gasteiger partial charge in [0.1, 0.15) is 17.8 Å². The van der Waals surface area contributed by atoms with Crippen LogP contribution in [0.5, 0.6) is 5.75 Å². The monoisotopic (exact) mass is 274 g/mol. The molecule has 106 valence electrons. The molecule has 1 fully saturated rings. The minimum absolute atomic E-state index is 0.0275. The molecule has 20 heavy (non-hydrogen) atoms. The maximum absolute atomic E-state index is 11.9. The number of para-hydroxylation sites is 1. The SMILES string of the molecule is CCOc1cccc2c1nc(N)n2CC(=O)NC1CC1. The molecule has 0 radical (unpaired) electrons. The molecule has 0 bridgehead atoms.